The van der Waals surface area contributed by atoms with Gasteiger partial charge < -0.3 is 9.67 Å². The number of pyridine rings is 1. The first-order valence-electron chi connectivity index (χ1n) is 28.4. The molecule has 0 atom stereocenters. The molecule has 412 valence electrons. The summed E-state index contributed by atoms with van der Waals surface area (Å²) in [7, 11) is 0. The van der Waals surface area contributed by atoms with Gasteiger partial charge in [0.05, 0.1) is 27.6 Å². The number of nitrogens with zero attached hydrogens (tertiary/aromatic N) is 4. The fourth-order valence-corrected chi connectivity index (χ4v) is 11.5. The SMILES string of the molecule is CC(C)(C)c1cc(-n2c(-c3cc(C(C)(C)C)cc(C(C)(C)C)c3O)nc3c(-c4[c-]c(-c5cc(-c6cccc7c8ccccc8n(-c8ccccc8)c67)ccn5)cc(-c5ccccc5)c4)cc(-c4ccccc4)cc32)cc(C(C)(C)C)c1.[Pt]. The van der Waals surface area contributed by atoms with Gasteiger partial charge in [-0.05, 0) is 109 Å². The summed E-state index contributed by atoms with van der Waals surface area (Å²) in [6.45, 7) is 27.0. The number of phenols is 1. The van der Waals surface area contributed by atoms with E-state index in [1.165, 1.54) is 21.9 Å². The van der Waals surface area contributed by atoms with Gasteiger partial charge in [0.15, 0.2) is 0 Å². The summed E-state index contributed by atoms with van der Waals surface area (Å²) >= 11 is 0. The molecule has 12 aromatic rings. The van der Waals surface area contributed by atoms with E-state index in [1.54, 1.807) is 0 Å². The molecule has 0 saturated carbocycles. The van der Waals surface area contributed by atoms with E-state index in [4.69, 9.17) is 9.97 Å². The minimum atomic E-state index is -0.366. The van der Waals surface area contributed by atoms with Gasteiger partial charge in [-0.2, -0.15) is 0 Å². The van der Waals surface area contributed by atoms with Crippen LogP contribution >= 0.6 is 0 Å². The summed E-state index contributed by atoms with van der Waals surface area (Å²) in [6, 6.07) is 76.1. The third-order valence-corrected chi connectivity index (χ3v) is 16.1. The van der Waals surface area contributed by atoms with E-state index in [2.05, 4.69) is 298 Å². The van der Waals surface area contributed by atoms with Crippen molar-refractivity contribution in [1.82, 2.24) is 19.1 Å². The Bertz CT molecular complexity index is 4340. The number of phenolic OH excluding ortho intramolecular Hbond substituents is 1. The topological polar surface area (TPSA) is 55.9 Å². The Labute approximate surface area is 498 Å². The molecule has 0 spiro atoms. The largest absolute Gasteiger partial charge is 0.507 e. The summed E-state index contributed by atoms with van der Waals surface area (Å²) in [5, 5.41) is 15.3. The number of hydrogen-bond acceptors (Lipinski definition) is 3. The van der Waals surface area contributed by atoms with Gasteiger partial charge >= 0.3 is 0 Å². The van der Waals surface area contributed by atoms with Crippen molar-refractivity contribution in [3.8, 4) is 84.3 Å². The van der Waals surface area contributed by atoms with Gasteiger partial charge in [-0.3, -0.25) is 9.55 Å². The number of aromatic nitrogens is 4. The average Bonchev–Trinajstić information content (AvgIpc) is 4.10. The van der Waals surface area contributed by atoms with Crippen molar-refractivity contribution in [2.75, 3.05) is 0 Å². The number of imidazole rings is 1. The smallest absolute Gasteiger partial charge is 0.148 e. The zero-order chi connectivity index (χ0) is 56.8. The zero-order valence-corrected chi connectivity index (χ0v) is 51.5. The molecule has 0 aliphatic rings. The van der Waals surface area contributed by atoms with Gasteiger partial charge in [-0.15, -0.1) is 23.8 Å². The van der Waals surface area contributed by atoms with Gasteiger partial charge in [0.1, 0.15) is 11.6 Å². The second kappa shape index (κ2) is 21.0. The van der Waals surface area contributed by atoms with Crippen LogP contribution < -0.4 is 0 Å². The molecule has 1 N–H and O–H groups in total. The first kappa shape index (κ1) is 55.8. The fraction of sp³-hybridized carbons (Fsp3) is 0.211. The Morgan fingerprint density at radius 3 is 1.59 bits per heavy atom. The van der Waals surface area contributed by atoms with E-state index in [0.717, 1.165) is 100 Å². The minimum absolute atomic E-state index is 0. The first-order chi connectivity index (χ1) is 38.6. The molecule has 3 heterocycles. The van der Waals surface area contributed by atoms with Crippen molar-refractivity contribution in [1.29, 1.82) is 0 Å². The van der Waals surface area contributed by atoms with Crippen molar-refractivity contribution < 1.29 is 26.2 Å². The van der Waals surface area contributed by atoms with Crippen LogP contribution in [0, 0.1) is 6.07 Å². The quantitative estimate of drug-likeness (QED) is 0.154. The molecule has 0 fully saturated rings. The maximum atomic E-state index is 12.9. The first-order valence-corrected chi connectivity index (χ1v) is 28.4. The molecule has 0 radical (unpaired) electrons. The van der Waals surface area contributed by atoms with E-state index in [-0.39, 0.29) is 48.5 Å². The Hall–Kier alpha value is -8.11. The summed E-state index contributed by atoms with van der Waals surface area (Å²) in [5.41, 5.74) is 20.2. The minimum Gasteiger partial charge on any atom is -0.507 e. The van der Waals surface area contributed by atoms with Crippen molar-refractivity contribution in [2.45, 2.75) is 105 Å². The predicted molar refractivity (Wildman–Crippen MR) is 341 cm³/mol. The summed E-state index contributed by atoms with van der Waals surface area (Å²) < 4.78 is 4.72. The normalized spacial score (nSPS) is 12.3. The Kier molecular flexibility index (Phi) is 14.3. The van der Waals surface area contributed by atoms with Gasteiger partial charge in [0.25, 0.3) is 0 Å². The van der Waals surface area contributed by atoms with Crippen molar-refractivity contribution >= 4 is 32.8 Å². The molecular formula is C76H71N4OPt-. The van der Waals surface area contributed by atoms with Gasteiger partial charge in [-0.1, -0.05) is 239 Å². The molecule has 0 bridgehead atoms. The van der Waals surface area contributed by atoms with Crippen molar-refractivity contribution in [3.63, 3.8) is 0 Å². The summed E-state index contributed by atoms with van der Waals surface area (Å²) in [6.07, 6.45) is 1.94. The van der Waals surface area contributed by atoms with Crippen molar-refractivity contribution in [2.24, 2.45) is 0 Å². The fourth-order valence-electron chi connectivity index (χ4n) is 11.5. The number of rotatable bonds is 8. The van der Waals surface area contributed by atoms with E-state index in [9.17, 15) is 5.11 Å². The van der Waals surface area contributed by atoms with Gasteiger partial charge in [0.2, 0.25) is 0 Å². The van der Waals surface area contributed by atoms with E-state index >= 15 is 0 Å². The zero-order valence-electron chi connectivity index (χ0n) is 49.2. The van der Waals surface area contributed by atoms with Crippen LogP contribution in [0.4, 0.5) is 0 Å². The Balaban J connectivity index is 0.00000705. The molecule has 0 amide bonds. The van der Waals surface area contributed by atoms with Crippen LogP contribution in [0.25, 0.3) is 111 Å². The number of para-hydroxylation sites is 3. The molecule has 82 heavy (non-hydrogen) atoms. The molecule has 0 aliphatic heterocycles. The molecule has 3 aromatic heterocycles. The Morgan fingerprint density at radius 2 is 0.963 bits per heavy atom. The molecule has 0 unspecified atom stereocenters. The second-order valence-electron chi connectivity index (χ2n) is 26.1. The van der Waals surface area contributed by atoms with Crippen LogP contribution in [0.1, 0.15) is 105 Å². The van der Waals surface area contributed by atoms with Crippen LogP contribution in [-0.2, 0) is 42.7 Å². The summed E-state index contributed by atoms with van der Waals surface area (Å²) in [4.78, 5) is 11.0. The molecule has 0 saturated heterocycles. The van der Waals surface area contributed by atoms with Gasteiger partial charge in [0, 0.05) is 66.2 Å². The van der Waals surface area contributed by atoms with Crippen LogP contribution in [0.5, 0.6) is 5.75 Å². The number of fused-ring (bicyclic) bond motifs is 4. The third-order valence-electron chi connectivity index (χ3n) is 16.1. The van der Waals surface area contributed by atoms with Crippen LogP contribution in [0.3, 0.4) is 0 Å². The maximum Gasteiger partial charge on any atom is 0.148 e. The molecule has 12 rings (SSSR count). The van der Waals surface area contributed by atoms with Crippen LogP contribution in [0.2, 0.25) is 0 Å². The molecule has 9 aromatic carbocycles. The molecule has 6 heteroatoms. The number of benzene rings is 9. The van der Waals surface area contributed by atoms with Crippen LogP contribution in [0.15, 0.2) is 206 Å². The number of aromatic hydroxyl groups is 1. The second-order valence-corrected chi connectivity index (χ2v) is 26.1. The van der Waals surface area contributed by atoms with E-state index in [1.807, 2.05) is 6.20 Å². The Morgan fingerprint density at radius 1 is 0.402 bits per heavy atom. The molecule has 0 aliphatic carbocycles. The average molecular weight is 1250 g/mol. The maximum absolute atomic E-state index is 12.9. The third kappa shape index (κ3) is 10.3. The predicted octanol–water partition coefficient (Wildman–Crippen LogP) is 20.2. The van der Waals surface area contributed by atoms with E-state index in [0.29, 0.717) is 11.4 Å². The van der Waals surface area contributed by atoms with Crippen molar-refractivity contribution in [3.05, 3.63) is 235 Å². The molecule has 5 nitrogen and oxygen atoms in total. The van der Waals surface area contributed by atoms with E-state index < -0.39 is 0 Å². The molecular weight excluding hydrogens is 1180 g/mol. The standard InChI is InChI=1S/C76H71N4O.Pt/c1-73(2,3)55-43-56(74(4,5)6)45-59(44-55)80-68-42-52(49-27-18-14-19-28-49)40-63(69(68)78-72(80)64-46-57(75(7,8)9)47-65(71(64)81)76(10,11)12)53-37-51(48-25-16-13-17-26-48)38-54(39-53)66-41-50(35-36-77-66)60-32-24-33-62-61-31-22-23-34-67(61)79(70(60)62)58-29-20-15-21-30-58;/h13-38,40-47,81H,1-12H3;/q-1;. The van der Waals surface area contributed by atoms with Gasteiger partial charge in [-0.25, -0.2) is 4.98 Å². The van der Waals surface area contributed by atoms with Crippen LogP contribution in [-0.4, -0.2) is 24.2 Å². The number of hydrogen-bond donors (Lipinski definition) is 1. The monoisotopic (exact) mass is 1250 g/mol. The summed E-state index contributed by atoms with van der Waals surface area (Å²) in [5.74, 6) is 0.915.